The fourth-order valence-electron chi connectivity index (χ4n) is 1.75. The maximum absolute atomic E-state index is 9.67. The zero-order valence-electron chi connectivity index (χ0n) is 8.68. The van der Waals surface area contributed by atoms with Crippen LogP contribution in [0.1, 0.15) is 11.6 Å². The standard InChI is InChI=1S/C12H12N2O2/c15-11-4-2-1-3-9(11)12-14-10(7-16-12)8-5-13-6-8/h1-4,7-8,13,15H,5-6H2. The first-order valence-corrected chi connectivity index (χ1v) is 5.29. The number of oxazole rings is 1. The van der Waals surface area contributed by atoms with Crippen LogP contribution in [0.25, 0.3) is 11.5 Å². The van der Waals surface area contributed by atoms with E-state index in [0.29, 0.717) is 17.4 Å². The summed E-state index contributed by atoms with van der Waals surface area (Å²) in [6.45, 7) is 1.90. The number of nitrogens with one attached hydrogen (secondary N) is 1. The first-order valence-electron chi connectivity index (χ1n) is 5.29. The van der Waals surface area contributed by atoms with Gasteiger partial charge in [0.25, 0.3) is 0 Å². The molecular formula is C12H12N2O2. The molecular weight excluding hydrogens is 204 g/mol. The average molecular weight is 216 g/mol. The molecule has 1 aromatic heterocycles. The lowest BCUT2D eigenvalue weighted by Crippen LogP contribution is -2.40. The summed E-state index contributed by atoms with van der Waals surface area (Å²) in [4.78, 5) is 4.40. The minimum absolute atomic E-state index is 0.197. The lowest BCUT2D eigenvalue weighted by atomic mass is 10.0. The maximum Gasteiger partial charge on any atom is 0.229 e. The fourth-order valence-corrected chi connectivity index (χ4v) is 1.75. The molecule has 0 aliphatic carbocycles. The van der Waals surface area contributed by atoms with Gasteiger partial charge in [-0.25, -0.2) is 4.98 Å². The second kappa shape index (κ2) is 3.64. The van der Waals surface area contributed by atoms with Gasteiger partial charge >= 0.3 is 0 Å². The van der Waals surface area contributed by atoms with Crippen LogP contribution in [0.5, 0.6) is 5.75 Å². The van der Waals surface area contributed by atoms with Crippen molar-refractivity contribution in [3.8, 4) is 17.2 Å². The van der Waals surface area contributed by atoms with E-state index in [1.54, 1.807) is 24.5 Å². The zero-order valence-corrected chi connectivity index (χ0v) is 8.68. The summed E-state index contributed by atoms with van der Waals surface area (Å²) in [6, 6.07) is 7.05. The molecule has 4 heteroatoms. The molecule has 0 bridgehead atoms. The van der Waals surface area contributed by atoms with Crippen LogP contribution in [0.4, 0.5) is 0 Å². The van der Waals surface area contributed by atoms with E-state index in [1.165, 1.54) is 0 Å². The number of aromatic nitrogens is 1. The molecule has 3 rings (SSSR count). The van der Waals surface area contributed by atoms with Gasteiger partial charge in [-0.15, -0.1) is 0 Å². The van der Waals surface area contributed by atoms with Gasteiger partial charge in [-0.05, 0) is 12.1 Å². The van der Waals surface area contributed by atoms with Gasteiger partial charge < -0.3 is 14.8 Å². The van der Waals surface area contributed by atoms with Crippen molar-refractivity contribution in [1.29, 1.82) is 0 Å². The van der Waals surface area contributed by atoms with Crippen LogP contribution in [-0.2, 0) is 0 Å². The summed E-state index contributed by atoms with van der Waals surface area (Å²) in [7, 11) is 0. The smallest absolute Gasteiger partial charge is 0.229 e. The number of hydrogen-bond acceptors (Lipinski definition) is 4. The van der Waals surface area contributed by atoms with Gasteiger partial charge in [0.05, 0.1) is 11.3 Å². The molecule has 1 aliphatic heterocycles. The predicted molar refractivity (Wildman–Crippen MR) is 59.2 cm³/mol. The number of nitrogens with zero attached hydrogens (tertiary/aromatic N) is 1. The topological polar surface area (TPSA) is 58.3 Å². The van der Waals surface area contributed by atoms with Crippen LogP contribution in [0.3, 0.4) is 0 Å². The van der Waals surface area contributed by atoms with E-state index in [9.17, 15) is 5.11 Å². The van der Waals surface area contributed by atoms with Crippen LogP contribution in [0, 0.1) is 0 Å². The molecule has 2 aromatic rings. The van der Waals surface area contributed by atoms with Gasteiger partial charge in [0.1, 0.15) is 12.0 Å². The Morgan fingerprint density at radius 1 is 1.31 bits per heavy atom. The molecule has 82 valence electrons. The number of rotatable bonds is 2. The fraction of sp³-hybridized carbons (Fsp3) is 0.250. The molecule has 1 aliphatic rings. The van der Waals surface area contributed by atoms with Crippen molar-refractivity contribution in [2.24, 2.45) is 0 Å². The van der Waals surface area contributed by atoms with Crippen molar-refractivity contribution < 1.29 is 9.52 Å². The first-order chi connectivity index (χ1) is 7.84. The molecule has 1 fully saturated rings. The van der Waals surface area contributed by atoms with Gasteiger partial charge in [0.15, 0.2) is 0 Å². The summed E-state index contributed by atoms with van der Waals surface area (Å²) in [5.41, 5.74) is 1.60. The van der Waals surface area contributed by atoms with Gasteiger partial charge in [-0.3, -0.25) is 0 Å². The lowest BCUT2D eigenvalue weighted by Gasteiger charge is -2.24. The second-order valence-corrected chi connectivity index (χ2v) is 3.95. The molecule has 0 unspecified atom stereocenters. The zero-order chi connectivity index (χ0) is 11.0. The quantitative estimate of drug-likeness (QED) is 0.802. The molecule has 0 atom stereocenters. The minimum atomic E-state index is 0.197. The molecule has 0 spiro atoms. The van der Waals surface area contributed by atoms with Gasteiger partial charge in [0.2, 0.25) is 5.89 Å². The first kappa shape index (κ1) is 9.42. The van der Waals surface area contributed by atoms with E-state index in [2.05, 4.69) is 10.3 Å². The molecule has 4 nitrogen and oxygen atoms in total. The Bertz CT molecular complexity index is 503. The number of benzene rings is 1. The summed E-state index contributed by atoms with van der Waals surface area (Å²) >= 11 is 0. The van der Waals surface area contributed by atoms with Crippen molar-refractivity contribution in [3.05, 3.63) is 36.2 Å². The largest absolute Gasteiger partial charge is 0.507 e. The second-order valence-electron chi connectivity index (χ2n) is 3.95. The Labute approximate surface area is 92.9 Å². The Hall–Kier alpha value is -1.81. The van der Waals surface area contributed by atoms with E-state index >= 15 is 0 Å². The number of phenols is 1. The van der Waals surface area contributed by atoms with E-state index in [1.807, 2.05) is 6.07 Å². The monoisotopic (exact) mass is 216 g/mol. The van der Waals surface area contributed by atoms with Crippen molar-refractivity contribution in [2.75, 3.05) is 13.1 Å². The lowest BCUT2D eigenvalue weighted by molar-refractivity contribution is 0.438. The van der Waals surface area contributed by atoms with Gasteiger partial charge in [-0.2, -0.15) is 0 Å². The van der Waals surface area contributed by atoms with E-state index in [4.69, 9.17) is 4.42 Å². The van der Waals surface area contributed by atoms with Gasteiger partial charge in [0, 0.05) is 19.0 Å². The minimum Gasteiger partial charge on any atom is -0.507 e. The Morgan fingerprint density at radius 2 is 2.12 bits per heavy atom. The highest BCUT2D eigenvalue weighted by Crippen LogP contribution is 2.29. The SMILES string of the molecule is Oc1ccccc1-c1nc(C2CNC2)co1. The van der Waals surface area contributed by atoms with Gasteiger partial charge in [-0.1, -0.05) is 12.1 Å². The third kappa shape index (κ3) is 1.47. The highest BCUT2D eigenvalue weighted by Gasteiger charge is 2.23. The maximum atomic E-state index is 9.67. The molecule has 16 heavy (non-hydrogen) atoms. The van der Waals surface area contributed by atoms with Crippen LogP contribution < -0.4 is 5.32 Å². The highest BCUT2D eigenvalue weighted by molar-refractivity contribution is 5.62. The molecule has 0 radical (unpaired) electrons. The molecule has 2 N–H and O–H groups in total. The molecule has 2 heterocycles. The van der Waals surface area contributed by atoms with Crippen LogP contribution in [0.2, 0.25) is 0 Å². The summed E-state index contributed by atoms with van der Waals surface area (Å²) in [6.07, 6.45) is 1.67. The Balaban J connectivity index is 1.95. The van der Waals surface area contributed by atoms with E-state index in [-0.39, 0.29) is 5.75 Å². The van der Waals surface area contributed by atoms with Crippen molar-refractivity contribution in [1.82, 2.24) is 10.3 Å². The molecule has 0 saturated carbocycles. The molecule has 1 saturated heterocycles. The van der Waals surface area contributed by atoms with E-state index < -0.39 is 0 Å². The van der Waals surface area contributed by atoms with Crippen molar-refractivity contribution in [2.45, 2.75) is 5.92 Å². The number of para-hydroxylation sites is 1. The third-order valence-electron chi connectivity index (χ3n) is 2.86. The van der Waals surface area contributed by atoms with Crippen molar-refractivity contribution in [3.63, 3.8) is 0 Å². The highest BCUT2D eigenvalue weighted by atomic mass is 16.3. The third-order valence-corrected chi connectivity index (χ3v) is 2.86. The molecule has 0 amide bonds. The van der Waals surface area contributed by atoms with Crippen LogP contribution in [-0.4, -0.2) is 23.2 Å². The van der Waals surface area contributed by atoms with Crippen LogP contribution >= 0.6 is 0 Å². The Kier molecular flexibility index (Phi) is 2.15. The summed E-state index contributed by atoms with van der Waals surface area (Å²) in [5.74, 6) is 1.13. The molecule has 1 aromatic carbocycles. The summed E-state index contributed by atoms with van der Waals surface area (Å²) < 4.78 is 5.39. The summed E-state index contributed by atoms with van der Waals surface area (Å²) in [5, 5.41) is 12.9. The number of phenolic OH excluding ortho intramolecular Hbond substituents is 1. The normalized spacial score (nSPS) is 16.0. The number of aromatic hydroxyl groups is 1. The predicted octanol–water partition coefficient (Wildman–Crippen LogP) is 1.73. The van der Waals surface area contributed by atoms with E-state index in [0.717, 1.165) is 18.8 Å². The number of hydrogen-bond donors (Lipinski definition) is 2. The average Bonchev–Trinajstić information content (AvgIpc) is 2.65. The van der Waals surface area contributed by atoms with Crippen LogP contribution in [0.15, 0.2) is 34.9 Å². The Morgan fingerprint density at radius 3 is 2.81 bits per heavy atom. The van der Waals surface area contributed by atoms with Crippen molar-refractivity contribution >= 4 is 0 Å².